The minimum absolute atomic E-state index is 0.0746. The number of rotatable bonds is 4. The van der Waals surface area contributed by atoms with Crippen LogP contribution in [0, 0.1) is 27.6 Å². The molecule has 2 aromatic rings. The fourth-order valence-corrected chi connectivity index (χ4v) is 1.93. The highest BCUT2D eigenvalue weighted by molar-refractivity contribution is 6.31. The largest absolute Gasteiger partial charge is 0.378 e. The zero-order chi connectivity index (χ0) is 15.6. The van der Waals surface area contributed by atoms with Crippen LogP contribution in [-0.2, 0) is 6.54 Å². The van der Waals surface area contributed by atoms with Gasteiger partial charge in [0.1, 0.15) is 11.6 Å². The van der Waals surface area contributed by atoms with E-state index in [1.54, 1.807) is 0 Å². The second-order valence-corrected chi connectivity index (χ2v) is 4.50. The third-order valence-corrected chi connectivity index (χ3v) is 3.10. The van der Waals surface area contributed by atoms with Crippen LogP contribution >= 0.6 is 11.6 Å². The molecule has 0 bridgehead atoms. The third kappa shape index (κ3) is 3.25. The highest BCUT2D eigenvalue weighted by Gasteiger charge is 2.18. The molecular formula is C13H8ClF3N2O2. The molecule has 8 heteroatoms. The molecule has 0 atom stereocenters. The molecule has 0 aromatic heterocycles. The maximum Gasteiger partial charge on any atom is 0.307 e. The van der Waals surface area contributed by atoms with E-state index in [1.165, 1.54) is 18.2 Å². The van der Waals surface area contributed by atoms with E-state index < -0.39 is 28.1 Å². The van der Waals surface area contributed by atoms with Crippen molar-refractivity contribution >= 4 is 23.0 Å². The van der Waals surface area contributed by atoms with E-state index in [0.29, 0.717) is 12.1 Å². The van der Waals surface area contributed by atoms with Gasteiger partial charge in [0, 0.05) is 29.3 Å². The average molecular weight is 317 g/mol. The summed E-state index contributed by atoms with van der Waals surface area (Å²) < 4.78 is 40.3. The predicted molar refractivity (Wildman–Crippen MR) is 71.7 cm³/mol. The summed E-state index contributed by atoms with van der Waals surface area (Å²) in [6.45, 7) is -0.203. The van der Waals surface area contributed by atoms with E-state index in [4.69, 9.17) is 11.6 Å². The van der Waals surface area contributed by atoms with Gasteiger partial charge in [-0.3, -0.25) is 10.1 Å². The van der Waals surface area contributed by atoms with Gasteiger partial charge in [0.2, 0.25) is 5.82 Å². The Morgan fingerprint density at radius 2 is 1.86 bits per heavy atom. The van der Waals surface area contributed by atoms with Crippen molar-refractivity contribution in [3.8, 4) is 0 Å². The lowest BCUT2D eigenvalue weighted by atomic mass is 10.2. The van der Waals surface area contributed by atoms with E-state index in [1.807, 2.05) is 0 Å². The Bertz CT molecular complexity index is 690. The molecular weight excluding hydrogens is 309 g/mol. The standard InChI is InChI=1S/C13H8ClF3N2O2/c14-8-2-1-3-9(15)7(8)6-18-12-5-13(19(20)21)11(17)4-10(12)16/h1-5,18H,6H2. The topological polar surface area (TPSA) is 55.2 Å². The summed E-state index contributed by atoms with van der Waals surface area (Å²) in [4.78, 5) is 9.63. The normalized spacial score (nSPS) is 10.5. The highest BCUT2D eigenvalue weighted by Crippen LogP contribution is 2.26. The summed E-state index contributed by atoms with van der Waals surface area (Å²) in [5.74, 6) is -2.91. The van der Waals surface area contributed by atoms with Gasteiger partial charge in [-0.25, -0.2) is 8.78 Å². The molecule has 110 valence electrons. The van der Waals surface area contributed by atoms with Crippen LogP contribution in [0.25, 0.3) is 0 Å². The van der Waals surface area contributed by atoms with Crippen LogP contribution in [0.3, 0.4) is 0 Å². The van der Waals surface area contributed by atoms with Gasteiger partial charge in [-0.05, 0) is 12.1 Å². The molecule has 0 saturated carbocycles. The Labute approximate surface area is 122 Å². The van der Waals surface area contributed by atoms with E-state index in [0.717, 1.165) is 0 Å². The molecule has 2 rings (SSSR count). The van der Waals surface area contributed by atoms with Crippen molar-refractivity contribution in [2.45, 2.75) is 6.54 Å². The Morgan fingerprint density at radius 3 is 2.48 bits per heavy atom. The lowest BCUT2D eigenvalue weighted by molar-refractivity contribution is -0.387. The number of hydrogen-bond donors (Lipinski definition) is 1. The number of nitro benzene ring substituents is 1. The van der Waals surface area contributed by atoms with Gasteiger partial charge in [-0.2, -0.15) is 4.39 Å². The van der Waals surface area contributed by atoms with Gasteiger partial charge < -0.3 is 5.32 Å². The summed E-state index contributed by atoms with van der Waals surface area (Å²) in [7, 11) is 0. The monoisotopic (exact) mass is 316 g/mol. The number of nitro groups is 1. The van der Waals surface area contributed by atoms with Crippen LogP contribution in [0.5, 0.6) is 0 Å². The van der Waals surface area contributed by atoms with Gasteiger partial charge >= 0.3 is 5.69 Å². The van der Waals surface area contributed by atoms with Crippen molar-refractivity contribution in [3.63, 3.8) is 0 Å². The van der Waals surface area contributed by atoms with Crippen molar-refractivity contribution in [2.75, 3.05) is 5.32 Å². The molecule has 0 radical (unpaired) electrons. The molecule has 0 aliphatic carbocycles. The Morgan fingerprint density at radius 1 is 1.14 bits per heavy atom. The fourth-order valence-electron chi connectivity index (χ4n) is 1.70. The molecule has 0 aliphatic rings. The third-order valence-electron chi connectivity index (χ3n) is 2.75. The number of benzene rings is 2. The van der Waals surface area contributed by atoms with Crippen molar-refractivity contribution in [3.05, 3.63) is 68.5 Å². The Balaban J connectivity index is 2.28. The smallest absolute Gasteiger partial charge is 0.307 e. The highest BCUT2D eigenvalue weighted by atomic mass is 35.5. The van der Waals surface area contributed by atoms with Crippen molar-refractivity contribution in [1.29, 1.82) is 0 Å². The molecule has 2 aromatic carbocycles. The zero-order valence-corrected chi connectivity index (χ0v) is 11.1. The minimum atomic E-state index is -1.29. The van der Waals surface area contributed by atoms with E-state index in [9.17, 15) is 23.3 Å². The van der Waals surface area contributed by atoms with Crippen LogP contribution in [0.2, 0.25) is 5.02 Å². The first kappa shape index (κ1) is 15.1. The summed E-state index contributed by atoms with van der Waals surface area (Å²) in [5, 5.41) is 13.2. The van der Waals surface area contributed by atoms with Crippen molar-refractivity contribution < 1.29 is 18.1 Å². The van der Waals surface area contributed by atoms with E-state index in [-0.39, 0.29) is 22.8 Å². The van der Waals surface area contributed by atoms with E-state index >= 15 is 0 Å². The Kier molecular flexibility index (Phi) is 4.32. The summed E-state index contributed by atoms with van der Waals surface area (Å²) in [6.07, 6.45) is 0. The summed E-state index contributed by atoms with van der Waals surface area (Å²) >= 11 is 5.80. The number of hydrogen-bond acceptors (Lipinski definition) is 3. The lowest BCUT2D eigenvalue weighted by Crippen LogP contribution is -2.05. The molecule has 0 unspecified atom stereocenters. The summed E-state index contributed by atoms with van der Waals surface area (Å²) in [6, 6.07) is 5.13. The van der Waals surface area contributed by atoms with Crippen LogP contribution < -0.4 is 5.32 Å². The van der Waals surface area contributed by atoms with Crippen molar-refractivity contribution in [2.24, 2.45) is 0 Å². The van der Waals surface area contributed by atoms with Crippen LogP contribution in [0.4, 0.5) is 24.5 Å². The first-order valence-corrected chi connectivity index (χ1v) is 6.08. The summed E-state index contributed by atoms with van der Waals surface area (Å²) in [5.41, 5.74) is -1.12. The maximum atomic E-state index is 13.5. The van der Waals surface area contributed by atoms with Gasteiger partial charge in [0.25, 0.3) is 0 Å². The number of nitrogens with one attached hydrogen (secondary N) is 1. The van der Waals surface area contributed by atoms with Gasteiger partial charge in [-0.15, -0.1) is 0 Å². The molecule has 0 spiro atoms. The molecule has 4 nitrogen and oxygen atoms in total. The second-order valence-electron chi connectivity index (χ2n) is 4.09. The van der Waals surface area contributed by atoms with Crippen LogP contribution in [0.15, 0.2) is 30.3 Å². The number of nitrogens with zero attached hydrogens (tertiary/aromatic N) is 1. The quantitative estimate of drug-likeness (QED) is 0.676. The lowest BCUT2D eigenvalue weighted by Gasteiger charge is -2.10. The fraction of sp³-hybridized carbons (Fsp3) is 0.0769. The predicted octanol–water partition coefficient (Wildman–Crippen LogP) is 4.28. The van der Waals surface area contributed by atoms with Gasteiger partial charge in [0.05, 0.1) is 10.6 Å². The molecule has 0 heterocycles. The van der Waals surface area contributed by atoms with Crippen LogP contribution in [-0.4, -0.2) is 4.92 Å². The van der Waals surface area contributed by atoms with Crippen molar-refractivity contribution in [1.82, 2.24) is 0 Å². The minimum Gasteiger partial charge on any atom is -0.378 e. The maximum absolute atomic E-state index is 13.5. The van der Waals surface area contributed by atoms with Gasteiger partial charge in [0.15, 0.2) is 0 Å². The van der Waals surface area contributed by atoms with Gasteiger partial charge in [-0.1, -0.05) is 17.7 Å². The average Bonchev–Trinajstić information content (AvgIpc) is 2.39. The molecule has 0 saturated heterocycles. The molecule has 0 amide bonds. The molecule has 0 aliphatic heterocycles. The number of anilines is 1. The zero-order valence-electron chi connectivity index (χ0n) is 10.4. The second kappa shape index (κ2) is 6.01. The first-order valence-electron chi connectivity index (χ1n) is 5.70. The molecule has 21 heavy (non-hydrogen) atoms. The van der Waals surface area contributed by atoms with E-state index in [2.05, 4.69) is 5.32 Å². The SMILES string of the molecule is O=[N+]([O-])c1cc(NCc2c(F)cccc2Cl)c(F)cc1F. The molecule has 0 fully saturated rings. The molecule has 1 N–H and O–H groups in total. The van der Waals surface area contributed by atoms with Crippen LogP contribution in [0.1, 0.15) is 5.56 Å². The Hall–Kier alpha value is -2.28. The number of halogens is 4. The first-order chi connectivity index (χ1) is 9.90.